The molecule has 0 aliphatic heterocycles. The van der Waals surface area contributed by atoms with Gasteiger partial charge in [0.05, 0.1) is 22.9 Å². The number of hydrogen-bond acceptors (Lipinski definition) is 3. The summed E-state index contributed by atoms with van der Waals surface area (Å²) in [6, 6.07) is 9.75. The minimum absolute atomic E-state index is 0.654. The predicted octanol–water partition coefficient (Wildman–Crippen LogP) is 2.52. The van der Waals surface area contributed by atoms with E-state index in [9.17, 15) is 0 Å². The number of nitrogen functional groups attached to an aromatic ring is 1. The quantitative estimate of drug-likeness (QED) is 0.667. The largest absolute Gasteiger partial charge is 0.397 e. The Morgan fingerprint density at radius 2 is 2.06 bits per heavy atom. The molecule has 3 rings (SSSR count). The lowest BCUT2D eigenvalue weighted by Crippen LogP contribution is -1.89. The molecule has 2 heterocycles. The Labute approximate surface area is 98.5 Å². The Morgan fingerprint density at radius 1 is 1.18 bits per heavy atom. The van der Waals surface area contributed by atoms with Gasteiger partial charge in [0.25, 0.3) is 0 Å². The molecule has 0 radical (unpaired) electrons. The van der Waals surface area contributed by atoms with Crippen LogP contribution in [0.2, 0.25) is 0 Å². The maximum absolute atomic E-state index is 5.61. The number of aromatic nitrogens is 3. The maximum atomic E-state index is 5.61. The van der Waals surface area contributed by atoms with E-state index in [1.807, 2.05) is 37.3 Å². The number of hydrogen-bond donors (Lipinski definition) is 2. The van der Waals surface area contributed by atoms with Crippen LogP contribution in [-0.4, -0.2) is 15.0 Å². The van der Waals surface area contributed by atoms with Crippen molar-refractivity contribution in [2.24, 2.45) is 0 Å². The number of nitrogens with one attached hydrogen (secondary N) is 1. The van der Waals surface area contributed by atoms with E-state index in [1.165, 1.54) is 0 Å². The second-order valence-electron chi connectivity index (χ2n) is 4.03. The van der Waals surface area contributed by atoms with Crippen molar-refractivity contribution in [3.63, 3.8) is 0 Å². The topological polar surface area (TPSA) is 67.6 Å². The Hall–Kier alpha value is -2.36. The third-order valence-corrected chi connectivity index (χ3v) is 2.74. The Kier molecular flexibility index (Phi) is 2.08. The summed E-state index contributed by atoms with van der Waals surface area (Å²) < 4.78 is 0. The van der Waals surface area contributed by atoms with Crippen molar-refractivity contribution in [1.82, 2.24) is 15.0 Å². The first-order valence-corrected chi connectivity index (χ1v) is 5.41. The highest BCUT2D eigenvalue weighted by atomic mass is 14.9. The number of aromatic amines is 1. The van der Waals surface area contributed by atoms with E-state index < -0.39 is 0 Å². The first kappa shape index (κ1) is 9.84. The number of pyridine rings is 1. The molecule has 0 amide bonds. The highest BCUT2D eigenvalue weighted by molar-refractivity contribution is 5.81. The van der Waals surface area contributed by atoms with Gasteiger partial charge in [0.15, 0.2) is 5.82 Å². The molecular weight excluding hydrogens is 212 g/mol. The van der Waals surface area contributed by atoms with Crippen molar-refractivity contribution >= 4 is 16.7 Å². The fraction of sp³-hybridized carbons (Fsp3) is 0.0769. The van der Waals surface area contributed by atoms with Crippen molar-refractivity contribution < 1.29 is 0 Å². The molecule has 3 N–H and O–H groups in total. The van der Waals surface area contributed by atoms with Gasteiger partial charge in [-0.15, -0.1) is 0 Å². The predicted molar refractivity (Wildman–Crippen MR) is 68.5 cm³/mol. The molecule has 0 unspecified atom stereocenters. The Bertz CT molecular complexity index is 667. The fourth-order valence-corrected chi connectivity index (χ4v) is 1.84. The van der Waals surface area contributed by atoms with Crippen molar-refractivity contribution in [2.75, 3.05) is 5.73 Å². The second-order valence-corrected chi connectivity index (χ2v) is 4.03. The van der Waals surface area contributed by atoms with Crippen LogP contribution in [0.3, 0.4) is 0 Å². The first-order valence-electron chi connectivity index (χ1n) is 5.41. The SMILES string of the molecule is Cc1cccc2[nH]c(-c3ccc(N)cn3)nc12. The normalized spacial score (nSPS) is 10.9. The molecule has 0 atom stereocenters. The van der Waals surface area contributed by atoms with Gasteiger partial charge in [0.2, 0.25) is 0 Å². The highest BCUT2D eigenvalue weighted by Crippen LogP contribution is 2.21. The van der Waals surface area contributed by atoms with Crippen LogP contribution >= 0.6 is 0 Å². The first-order chi connectivity index (χ1) is 8.24. The zero-order valence-electron chi connectivity index (χ0n) is 9.44. The summed E-state index contributed by atoms with van der Waals surface area (Å²) in [6.45, 7) is 2.05. The number of fused-ring (bicyclic) bond motifs is 1. The van der Waals surface area contributed by atoms with Gasteiger partial charge in [-0.3, -0.25) is 4.98 Å². The third kappa shape index (κ3) is 1.63. The van der Waals surface area contributed by atoms with Crippen LogP contribution in [0, 0.1) is 6.92 Å². The molecule has 0 bridgehead atoms. The molecule has 0 spiro atoms. The summed E-state index contributed by atoms with van der Waals surface area (Å²) in [5, 5.41) is 0. The van der Waals surface area contributed by atoms with Gasteiger partial charge >= 0.3 is 0 Å². The average Bonchev–Trinajstić information content (AvgIpc) is 2.75. The van der Waals surface area contributed by atoms with Crippen molar-refractivity contribution in [3.8, 4) is 11.5 Å². The van der Waals surface area contributed by atoms with Gasteiger partial charge in [-0.05, 0) is 30.7 Å². The molecule has 1 aromatic carbocycles. The molecule has 0 saturated carbocycles. The summed E-state index contributed by atoms with van der Waals surface area (Å²) in [7, 11) is 0. The standard InChI is InChI=1S/C13H12N4/c1-8-3-2-4-10-12(8)17-13(16-10)11-6-5-9(14)7-15-11/h2-7H,14H2,1H3,(H,16,17). The lowest BCUT2D eigenvalue weighted by Gasteiger charge is -1.95. The van der Waals surface area contributed by atoms with E-state index in [0.29, 0.717) is 5.69 Å². The van der Waals surface area contributed by atoms with Gasteiger partial charge < -0.3 is 10.7 Å². The van der Waals surface area contributed by atoms with E-state index in [4.69, 9.17) is 5.73 Å². The van der Waals surface area contributed by atoms with Crippen LogP contribution in [0.4, 0.5) is 5.69 Å². The van der Waals surface area contributed by atoms with Crippen LogP contribution in [0.5, 0.6) is 0 Å². The molecule has 0 aliphatic carbocycles. The van der Waals surface area contributed by atoms with E-state index in [1.54, 1.807) is 6.20 Å². The van der Waals surface area contributed by atoms with Crippen LogP contribution in [-0.2, 0) is 0 Å². The van der Waals surface area contributed by atoms with Gasteiger partial charge in [-0.1, -0.05) is 12.1 Å². The molecule has 0 aliphatic rings. The summed E-state index contributed by atoms with van der Waals surface area (Å²) >= 11 is 0. The van der Waals surface area contributed by atoms with Crippen LogP contribution in [0.1, 0.15) is 5.56 Å². The summed E-state index contributed by atoms with van der Waals surface area (Å²) in [4.78, 5) is 12.1. The van der Waals surface area contributed by atoms with E-state index in [-0.39, 0.29) is 0 Å². The summed E-state index contributed by atoms with van der Waals surface area (Å²) in [5.41, 5.74) is 10.2. The number of para-hydroxylation sites is 1. The van der Waals surface area contributed by atoms with Gasteiger partial charge in [-0.2, -0.15) is 0 Å². The molecule has 0 fully saturated rings. The average molecular weight is 224 g/mol. The monoisotopic (exact) mass is 224 g/mol. The number of imidazole rings is 1. The number of nitrogens with two attached hydrogens (primary N) is 1. The van der Waals surface area contributed by atoms with Crippen LogP contribution < -0.4 is 5.73 Å². The van der Waals surface area contributed by atoms with Crippen molar-refractivity contribution in [2.45, 2.75) is 6.92 Å². The van der Waals surface area contributed by atoms with Crippen LogP contribution in [0.15, 0.2) is 36.5 Å². The van der Waals surface area contributed by atoms with E-state index in [0.717, 1.165) is 28.1 Å². The van der Waals surface area contributed by atoms with E-state index >= 15 is 0 Å². The lowest BCUT2D eigenvalue weighted by atomic mass is 10.2. The Balaban J connectivity index is 2.18. The Morgan fingerprint density at radius 3 is 2.76 bits per heavy atom. The number of rotatable bonds is 1. The summed E-state index contributed by atoms with van der Waals surface area (Å²) in [6.07, 6.45) is 1.63. The fourth-order valence-electron chi connectivity index (χ4n) is 1.84. The lowest BCUT2D eigenvalue weighted by molar-refractivity contribution is 1.24. The second kappa shape index (κ2) is 3.59. The third-order valence-electron chi connectivity index (χ3n) is 2.74. The number of aryl methyl sites for hydroxylation is 1. The zero-order valence-corrected chi connectivity index (χ0v) is 9.44. The molecule has 84 valence electrons. The van der Waals surface area contributed by atoms with Crippen LogP contribution in [0.25, 0.3) is 22.6 Å². The minimum atomic E-state index is 0.654. The van der Waals surface area contributed by atoms with Gasteiger partial charge in [0.1, 0.15) is 5.69 Å². The molecular formula is C13H12N4. The molecule has 4 heteroatoms. The maximum Gasteiger partial charge on any atom is 0.157 e. The molecule has 17 heavy (non-hydrogen) atoms. The van der Waals surface area contributed by atoms with Crippen molar-refractivity contribution in [3.05, 3.63) is 42.1 Å². The summed E-state index contributed by atoms with van der Waals surface area (Å²) in [5.74, 6) is 0.773. The number of nitrogens with zero attached hydrogens (tertiary/aromatic N) is 2. The number of H-pyrrole nitrogens is 1. The highest BCUT2D eigenvalue weighted by Gasteiger charge is 2.07. The van der Waals surface area contributed by atoms with E-state index in [2.05, 4.69) is 15.0 Å². The zero-order chi connectivity index (χ0) is 11.8. The van der Waals surface area contributed by atoms with Crippen molar-refractivity contribution in [1.29, 1.82) is 0 Å². The minimum Gasteiger partial charge on any atom is -0.397 e. The molecule has 2 aromatic heterocycles. The molecule has 0 saturated heterocycles. The molecule has 3 aromatic rings. The number of anilines is 1. The van der Waals surface area contributed by atoms with Gasteiger partial charge in [-0.25, -0.2) is 4.98 Å². The van der Waals surface area contributed by atoms with Gasteiger partial charge in [0, 0.05) is 0 Å². The number of benzene rings is 1. The molecule has 4 nitrogen and oxygen atoms in total. The smallest absolute Gasteiger partial charge is 0.157 e.